The lowest BCUT2D eigenvalue weighted by Crippen LogP contribution is -2.49. The second-order valence-corrected chi connectivity index (χ2v) is 5.50. The highest BCUT2D eigenvalue weighted by atomic mass is 16.5. The van der Waals surface area contributed by atoms with E-state index in [-0.39, 0.29) is 5.91 Å². The van der Waals surface area contributed by atoms with Gasteiger partial charge in [-0.25, -0.2) is 0 Å². The van der Waals surface area contributed by atoms with Gasteiger partial charge in [-0.05, 0) is 32.3 Å². The number of hydrogen-bond acceptors (Lipinski definition) is 3. The number of benzene rings is 1. The van der Waals surface area contributed by atoms with E-state index in [0.29, 0.717) is 19.6 Å². The lowest BCUT2D eigenvalue weighted by Gasteiger charge is -2.36. The molecule has 1 aromatic rings. The molecule has 0 aliphatic carbocycles. The molecule has 2 aliphatic heterocycles. The minimum atomic E-state index is -0.699. The number of ether oxygens (including phenoxy) is 1. The molecule has 1 amide bonds. The highest BCUT2D eigenvalue weighted by Crippen LogP contribution is 2.37. The van der Waals surface area contributed by atoms with Gasteiger partial charge in [-0.15, -0.1) is 0 Å². The monoisotopic (exact) mass is 261 g/mol. The number of fused-ring (bicyclic) bond motifs is 1. The Hall–Kier alpha value is -1.39. The second kappa shape index (κ2) is 4.62. The number of carbonyl (C=O) groups excluding carboxylic acids is 1. The van der Waals surface area contributed by atoms with Crippen molar-refractivity contribution in [2.24, 2.45) is 0 Å². The van der Waals surface area contributed by atoms with Crippen LogP contribution in [0.15, 0.2) is 24.3 Å². The van der Waals surface area contributed by atoms with Crippen LogP contribution >= 0.6 is 0 Å². The van der Waals surface area contributed by atoms with Crippen LogP contribution in [0.2, 0.25) is 0 Å². The average molecular weight is 261 g/mol. The molecule has 0 aromatic heterocycles. The van der Waals surface area contributed by atoms with Gasteiger partial charge in [0.2, 0.25) is 0 Å². The quantitative estimate of drug-likeness (QED) is 0.841. The zero-order chi connectivity index (χ0) is 13.5. The molecule has 0 saturated carbocycles. The minimum absolute atomic E-state index is 0.0179. The number of hydrogen-bond donors (Lipinski definition) is 1. The molecule has 1 saturated heterocycles. The van der Waals surface area contributed by atoms with Gasteiger partial charge >= 0.3 is 0 Å². The van der Waals surface area contributed by atoms with Crippen LogP contribution in [-0.2, 0) is 9.53 Å². The number of aliphatic hydroxyl groups is 1. The van der Waals surface area contributed by atoms with Crippen LogP contribution in [-0.4, -0.2) is 29.8 Å². The fraction of sp³-hybridized carbons (Fsp3) is 0.533. The third-order valence-electron chi connectivity index (χ3n) is 4.13. The van der Waals surface area contributed by atoms with Crippen LogP contribution in [0.4, 0.5) is 5.69 Å². The van der Waals surface area contributed by atoms with Crippen LogP contribution in [0.3, 0.4) is 0 Å². The van der Waals surface area contributed by atoms with Crippen LogP contribution in [0.25, 0.3) is 0 Å². The Balaban J connectivity index is 1.94. The zero-order valence-corrected chi connectivity index (χ0v) is 11.1. The van der Waals surface area contributed by atoms with E-state index in [2.05, 4.69) is 0 Å². The molecule has 0 spiro atoms. The van der Waals surface area contributed by atoms with Gasteiger partial charge < -0.3 is 14.7 Å². The molecular weight excluding hydrogens is 242 g/mol. The molecule has 2 atom stereocenters. The topological polar surface area (TPSA) is 49.8 Å². The Labute approximate surface area is 113 Å². The summed E-state index contributed by atoms with van der Waals surface area (Å²) in [5.74, 6) is 0.0179. The Morgan fingerprint density at radius 1 is 1.47 bits per heavy atom. The van der Waals surface area contributed by atoms with Gasteiger partial charge in [-0.1, -0.05) is 18.2 Å². The van der Waals surface area contributed by atoms with Crippen LogP contribution in [0.1, 0.15) is 37.9 Å². The third-order valence-corrected chi connectivity index (χ3v) is 4.13. The molecule has 1 N–H and O–H groups in total. The highest BCUT2D eigenvalue weighted by Gasteiger charge is 2.42. The zero-order valence-electron chi connectivity index (χ0n) is 11.1. The molecule has 19 heavy (non-hydrogen) atoms. The van der Waals surface area contributed by atoms with E-state index >= 15 is 0 Å². The first-order valence-corrected chi connectivity index (χ1v) is 6.85. The van der Waals surface area contributed by atoms with Gasteiger partial charge in [0.05, 0.1) is 6.10 Å². The summed E-state index contributed by atoms with van der Waals surface area (Å²) in [5.41, 5.74) is 0.960. The van der Waals surface area contributed by atoms with Gasteiger partial charge in [-0.2, -0.15) is 0 Å². The normalized spacial score (nSPS) is 30.2. The number of aliphatic hydroxyl groups excluding tert-OH is 1. The number of carbonyl (C=O) groups is 1. The first kappa shape index (κ1) is 12.6. The number of rotatable bonds is 1. The predicted molar refractivity (Wildman–Crippen MR) is 72.0 cm³/mol. The largest absolute Gasteiger partial charge is 0.388 e. The molecule has 1 fully saturated rings. The summed E-state index contributed by atoms with van der Waals surface area (Å²) in [6.45, 7) is 3.08. The molecule has 4 heteroatoms. The van der Waals surface area contributed by atoms with E-state index in [1.807, 2.05) is 31.2 Å². The number of nitrogens with zero attached hydrogens (tertiary/aromatic N) is 1. The fourth-order valence-corrected chi connectivity index (χ4v) is 2.99. The Kier molecular flexibility index (Phi) is 3.07. The molecule has 2 unspecified atom stereocenters. The summed E-state index contributed by atoms with van der Waals surface area (Å²) < 4.78 is 5.64. The molecule has 2 aliphatic rings. The molecule has 102 valence electrons. The van der Waals surface area contributed by atoms with E-state index < -0.39 is 11.7 Å². The lowest BCUT2D eigenvalue weighted by molar-refractivity contribution is -0.136. The SMILES string of the molecule is CC1(C(=O)N2CCC(O)c3ccccc32)CCCO1. The van der Waals surface area contributed by atoms with E-state index in [1.165, 1.54) is 0 Å². The summed E-state index contributed by atoms with van der Waals surface area (Å²) in [6, 6.07) is 7.57. The number of anilines is 1. The van der Waals surface area contributed by atoms with Gasteiger partial charge in [0.1, 0.15) is 5.60 Å². The first-order valence-electron chi connectivity index (χ1n) is 6.85. The van der Waals surface area contributed by atoms with Crippen LogP contribution in [0.5, 0.6) is 0 Å². The van der Waals surface area contributed by atoms with E-state index in [4.69, 9.17) is 4.74 Å². The number of amides is 1. The van der Waals surface area contributed by atoms with Gasteiger partial charge in [-0.3, -0.25) is 4.79 Å². The molecule has 3 rings (SSSR count). The Bertz CT molecular complexity index is 494. The summed E-state index contributed by atoms with van der Waals surface area (Å²) in [4.78, 5) is 14.5. The molecule has 0 radical (unpaired) electrons. The average Bonchev–Trinajstić information content (AvgIpc) is 2.87. The van der Waals surface area contributed by atoms with Gasteiger partial charge in [0.25, 0.3) is 5.91 Å². The summed E-state index contributed by atoms with van der Waals surface area (Å²) in [5, 5.41) is 10.0. The summed E-state index contributed by atoms with van der Waals surface area (Å²) in [6.07, 6.45) is 1.81. The molecular formula is C15H19NO3. The van der Waals surface area contributed by atoms with Crippen LogP contribution in [0, 0.1) is 0 Å². The van der Waals surface area contributed by atoms with Crippen molar-refractivity contribution < 1.29 is 14.6 Å². The Morgan fingerprint density at radius 2 is 2.26 bits per heavy atom. The third kappa shape index (κ3) is 2.05. The maximum atomic E-state index is 12.7. The smallest absolute Gasteiger partial charge is 0.258 e. The summed E-state index contributed by atoms with van der Waals surface area (Å²) in [7, 11) is 0. The van der Waals surface area contributed by atoms with E-state index in [0.717, 1.165) is 24.1 Å². The molecule has 4 nitrogen and oxygen atoms in total. The Morgan fingerprint density at radius 3 is 3.00 bits per heavy atom. The molecule has 0 bridgehead atoms. The highest BCUT2D eigenvalue weighted by molar-refractivity contribution is 6.00. The minimum Gasteiger partial charge on any atom is -0.388 e. The van der Waals surface area contributed by atoms with Crippen molar-refractivity contribution in [2.75, 3.05) is 18.1 Å². The van der Waals surface area contributed by atoms with E-state index in [9.17, 15) is 9.90 Å². The van der Waals surface area contributed by atoms with Crippen molar-refractivity contribution in [3.05, 3.63) is 29.8 Å². The fourth-order valence-electron chi connectivity index (χ4n) is 2.99. The van der Waals surface area contributed by atoms with E-state index in [1.54, 1.807) is 4.90 Å². The van der Waals surface area contributed by atoms with Crippen molar-refractivity contribution in [1.82, 2.24) is 0 Å². The van der Waals surface area contributed by atoms with Crippen molar-refractivity contribution in [1.29, 1.82) is 0 Å². The van der Waals surface area contributed by atoms with Crippen molar-refractivity contribution in [3.8, 4) is 0 Å². The number of para-hydroxylation sites is 1. The van der Waals surface area contributed by atoms with Gasteiger partial charge in [0, 0.05) is 24.4 Å². The van der Waals surface area contributed by atoms with Crippen molar-refractivity contribution >= 4 is 11.6 Å². The maximum absolute atomic E-state index is 12.7. The first-order chi connectivity index (χ1) is 9.12. The van der Waals surface area contributed by atoms with Crippen LogP contribution < -0.4 is 4.90 Å². The lowest BCUT2D eigenvalue weighted by atomic mass is 9.95. The van der Waals surface area contributed by atoms with Gasteiger partial charge in [0.15, 0.2) is 0 Å². The van der Waals surface area contributed by atoms with Crippen molar-refractivity contribution in [3.63, 3.8) is 0 Å². The molecule has 1 aromatic carbocycles. The summed E-state index contributed by atoms with van der Waals surface area (Å²) >= 11 is 0. The second-order valence-electron chi connectivity index (χ2n) is 5.50. The van der Waals surface area contributed by atoms with Crippen molar-refractivity contribution in [2.45, 2.75) is 37.9 Å². The predicted octanol–water partition coefficient (Wildman–Crippen LogP) is 2.03. The maximum Gasteiger partial charge on any atom is 0.258 e. The standard InChI is InChI=1S/C15H19NO3/c1-15(8-4-10-19-15)14(18)16-9-7-13(17)11-5-2-3-6-12(11)16/h2-3,5-6,13,17H,4,7-10H2,1H3. The molecule has 2 heterocycles.